The van der Waals surface area contributed by atoms with Crippen LogP contribution in [0.15, 0.2) is 30.7 Å². The summed E-state index contributed by atoms with van der Waals surface area (Å²) in [5.74, 6) is 0.331. The van der Waals surface area contributed by atoms with E-state index in [9.17, 15) is 9.18 Å². The minimum Gasteiger partial charge on any atom is -0.474 e. The number of halogens is 1. The average molecular weight is 382 g/mol. The van der Waals surface area contributed by atoms with Gasteiger partial charge in [0, 0.05) is 24.2 Å². The molecule has 9 heteroatoms. The Morgan fingerprint density at radius 3 is 3.07 bits per heavy atom. The number of anilines is 1. The zero-order valence-corrected chi connectivity index (χ0v) is 15.2. The molecule has 0 saturated heterocycles. The highest BCUT2D eigenvalue weighted by molar-refractivity contribution is 5.99. The zero-order valence-electron chi connectivity index (χ0n) is 15.2. The summed E-state index contributed by atoms with van der Waals surface area (Å²) in [4.78, 5) is 21.4. The molecule has 2 aliphatic rings. The summed E-state index contributed by atoms with van der Waals surface area (Å²) in [5.41, 5.74) is 1.51. The highest BCUT2D eigenvalue weighted by Crippen LogP contribution is 2.31. The lowest BCUT2D eigenvalue weighted by molar-refractivity contribution is 0.0936. The van der Waals surface area contributed by atoms with Crippen LogP contribution in [0.3, 0.4) is 0 Å². The van der Waals surface area contributed by atoms with Crippen molar-refractivity contribution in [3.63, 3.8) is 0 Å². The van der Waals surface area contributed by atoms with Gasteiger partial charge in [0.15, 0.2) is 5.65 Å². The van der Waals surface area contributed by atoms with Gasteiger partial charge >= 0.3 is 0 Å². The number of carbonyl (C=O) groups excluding carboxylic acids is 1. The van der Waals surface area contributed by atoms with Gasteiger partial charge in [-0.2, -0.15) is 5.10 Å². The molecule has 5 rings (SSSR count). The molecule has 1 aliphatic carbocycles. The lowest BCUT2D eigenvalue weighted by Gasteiger charge is -2.21. The third-order valence-electron chi connectivity index (χ3n) is 5.29. The molecule has 2 N–H and O–H groups in total. The number of pyridine rings is 1. The van der Waals surface area contributed by atoms with Crippen LogP contribution in [0.5, 0.6) is 5.88 Å². The molecule has 0 spiro atoms. The van der Waals surface area contributed by atoms with Crippen molar-refractivity contribution in [2.24, 2.45) is 0 Å². The Morgan fingerprint density at radius 1 is 1.29 bits per heavy atom. The van der Waals surface area contributed by atoms with Gasteiger partial charge in [0.2, 0.25) is 5.88 Å². The molecule has 4 heterocycles. The minimum atomic E-state index is -0.421. The van der Waals surface area contributed by atoms with E-state index in [-0.39, 0.29) is 24.1 Å². The molecule has 0 radical (unpaired) electrons. The number of nitrogens with one attached hydrogen (secondary N) is 2. The van der Waals surface area contributed by atoms with E-state index in [1.54, 1.807) is 16.8 Å². The van der Waals surface area contributed by atoms with Gasteiger partial charge in [-0.1, -0.05) is 0 Å². The van der Waals surface area contributed by atoms with Crippen LogP contribution in [0.2, 0.25) is 0 Å². The van der Waals surface area contributed by atoms with Crippen LogP contribution in [0.25, 0.3) is 5.65 Å². The number of fused-ring (bicyclic) bond motifs is 4. The molecule has 3 atom stereocenters. The number of rotatable bonds is 0. The van der Waals surface area contributed by atoms with Crippen LogP contribution in [-0.2, 0) is 0 Å². The van der Waals surface area contributed by atoms with Crippen molar-refractivity contribution in [3.8, 4) is 5.88 Å². The lowest BCUT2D eigenvalue weighted by Crippen LogP contribution is -2.33. The highest BCUT2D eigenvalue weighted by atomic mass is 19.1. The maximum Gasteiger partial charge on any atom is 0.256 e. The van der Waals surface area contributed by atoms with Gasteiger partial charge in [-0.3, -0.25) is 4.79 Å². The van der Waals surface area contributed by atoms with Gasteiger partial charge in [-0.15, -0.1) is 0 Å². The number of hydrogen-bond acceptors (Lipinski definition) is 6. The Morgan fingerprint density at radius 2 is 2.18 bits per heavy atom. The molecule has 0 unspecified atom stereocenters. The monoisotopic (exact) mass is 382 g/mol. The topological polar surface area (TPSA) is 93.4 Å². The molecule has 1 fully saturated rings. The average Bonchev–Trinajstić information content (AvgIpc) is 3.29. The Labute approximate surface area is 160 Å². The summed E-state index contributed by atoms with van der Waals surface area (Å²) in [7, 11) is 0. The third-order valence-corrected chi connectivity index (χ3v) is 5.29. The zero-order chi connectivity index (χ0) is 19.3. The van der Waals surface area contributed by atoms with Crippen molar-refractivity contribution < 1.29 is 13.9 Å². The van der Waals surface area contributed by atoms with Crippen LogP contribution < -0.4 is 15.4 Å². The smallest absolute Gasteiger partial charge is 0.256 e. The molecule has 1 amide bonds. The van der Waals surface area contributed by atoms with Crippen LogP contribution in [-0.4, -0.2) is 37.6 Å². The van der Waals surface area contributed by atoms with Gasteiger partial charge in [-0.05, 0) is 31.9 Å². The van der Waals surface area contributed by atoms with E-state index in [0.29, 0.717) is 34.9 Å². The SMILES string of the molecule is C[C@H]1Nc2ccn3ncc(c3n2)C(=O)N[C@H]2CC[C@H](C2)Oc2ncc(F)cc21. The van der Waals surface area contributed by atoms with Gasteiger partial charge in [-0.25, -0.2) is 18.9 Å². The van der Waals surface area contributed by atoms with E-state index in [4.69, 9.17) is 4.74 Å². The molecule has 3 aromatic heterocycles. The standard InChI is InChI=1S/C19H19FN6O2/c1-10-14-6-11(20)8-21-19(14)28-13-3-2-12(7-13)24-18(27)15-9-22-26-5-4-16(23-10)25-17(15)26/h4-6,8-10,12-13H,2-3,7H2,1H3,(H,23,25)(H,24,27)/t10-,12+,13-/m1/s1. The molecule has 3 aromatic rings. The molecule has 1 saturated carbocycles. The summed E-state index contributed by atoms with van der Waals surface area (Å²) >= 11 is 0. The van der Waals surface area contributed by atoms with Crippen molar-refractivity contribution in [1.82, 2.24) is 24.9 Å². The van der Waals surface area contributed by atoms with Gasteiger partial charge in [0.25, 0.3) is 5.91 Å². The van der Waals surface area contributed by atoms with Crippen molar-refractivity contribution in [2.75, 3.05) is 5.32 Å². The number of hydrogen-bond donors (Lipinski definition) is 2. The maximum absolute atomic E-state index is 13.9. The molecule has 0 aromatic carbocycles. The van der Waals surface area contributed by atoms with Crippen molar-refractivity contribution in [1.29, 1.82) is 0 Å². The largest absolute Gasteiger partial charge is 0.474 e. The normalized spacial score (nSPS) is 24.2. The fraction of sp³-hybridized carbons (Fsp3) is 0.368. The molecular formula is C19H19FN6O2. The first kappa shape index (κ1) is 16.9. The lowest BCUT2D eigenvalue weighted by atomic mass is 10.1. The van der Waals surface area contributed by atoms with Crippen LogP contribution >= 0.6 is 0 Å². The first-order valence-corrected chi connectivity index (χ1v) is 9.31. The molecule has 4 bridgehead atoms. The molecule has 8 nitrogen and oxygen atoms in total. The Kier molecular flexibility index (Phi) is 3.88. The van der Waals surface area contributed by atoms with E-state index in [0.717, 1.165) is 19.0 Å². The van der Waals surface area contributed by atoms with Crippen LogP contribution in [0, 0.1) is 5.82 Å². The molecule has 1 aliphatic heterocycles. The predicted octanol–water partition coefficient (Wildman–Crippen LogP) is 2.48. The summed E-state index contributed by atoms with van der Waals surface area (Å²) in [5, 5.41) is 10.5. The fourth-order valence-corrected chi connectivity index (χ4v) is 3.86. The van der Waals surface area contributed by atoms with E-state index in [1.165, 1.54) is 12.3 Å². The first-order chi connectivity index (χ1) is 13.6. The number of carbonyl (C=O) groups is 1. The second kappa shape index (κ2) is 6.43. The number of amides is 1. The maximum atomic E-state index is 13.9. The van der Waals surface area contributed by atoms with Crippen LogP contribution in [0.1, 0.15) is 48.1 Å². The van der Waals surface area contributed by atoms with Crippen LogP contribution in [0.4, 0.5) is 10.2 Å². The minimum absolute atomic E-state index is 0.00183. The Hall–Kier alpha value is -3.23. The van der Waals surface area contributed by atoms with Crippen molar-refractivity contribution >= 4 is 17.4 Å². The summed E-state index contributed by atoms with van der Waals surface area (Å²) in [6.07, 6.45) is 6.59. The predicted molar refractivity (Wildman–Crippen MR) is 98.7 cm³/mol. The molecule has 144 valence electrons. The van der Waals surface area contributed by atoms with E-state index in [2.05, 4.69) is 25.7 Å². The van der Waals surface area contributed by atoms with E-state index < -0.39 is 5.82 Å². The quantitative estimate of drug-likeness (QED) is 0.620. The van der Waals surface area contributed by atoms with Gasteiger partial charge in [0.05, 0.1) is 18.4 Å². The van der Waals surface area contributed by atoms with E-state index >= 15 is 0 Å². The van der Waals surface area contributed by atoms with Gasteiger partial charge < -0.3 is 15.4 Å². The second-order valence-corrected chi connectivity index (χ2v) is 7.28. The van der Waals surface area contributed by atoms with Crippen molar-refractivity contribution in [2.45, 2.75) is 44.4 Å². The Bertz CT molecular complexity index is 1070. The molecular weight excluding hydrogens is 363 g/mol. The number of ether oxygens (including phenoxy) is 1. The Balaban J connectivity index is 1.61. The van der Waals surface area contributed by atoms with Crippen molar-refractivity contribution in [3.05, 3.63) is 47.7 Å². The summed E-state index contributed by atoms with van der Waals surface area (Å²) < 4.78 is 21.5. The summed E-state index contributed by atoms with van der Waals surface area (Å²) in [6.45, 7) is 1.89. The second-order valence-electron chi connectivity index (χ2n) is 7.28. The third kappa shape index (κ3) is 2.92. The first-order valence-electron chi connectivity index (χ1n) is 9.31. The summed E-state index contributed by atoms with van der Waals surface area (Å²) in [6, 6.07) is 2.88. The fourth-order valence-electron chi connectivity index (χ4n) is 3.86. The number of nitrogens with zero attached hydrogens (tertiary/aromatic N) is 4. The molecule has 28 heavy (non-hydrogen) atoms. The number of aromatic nitrogens is 4. The van der Waals surface area contributed by atoms with E-state index in [1.807, 2.05) is 6.92 Å². The highest BCUT2D eigenvalue weighted by Gasteiger charge is 2.30. The van der Waals surface area contributed by atoms with Gasteiger partial charge in [0.1, 0.15) is 23.3 Å².